The number of halogens is 1. The fourth-order valence-electron chi connectivity index (χ4n) is 3.38. The molecule has 0 spiro atoms. The van der Waals surface area contributed by atoms with Gasteiger partial charge in [0.1, 0.15) is 5.82 Å². The van der Waals surface area contributed by atoms with Gasteiger partial charge in [-0.2, -0.15) is 0 Å². The smallest absolute Gasteiger partial charge is 0.125 e. The number of hydrogen-bond acceptors (Lipinski definition) is 3. The number of aromatic nitrogens is 2. The number of nitrogens with zero attached hydrogens (tertiary/aromatic N) is 2. The van der Waals surface area contributed by atoms with Crippen molar-refractivity contribution < 1.29 is 0 Å². The van der Waals surface area contributed by atoms with Crippen LogP contribution in [-0.4, -0.2) is 16.5 Å². The van der Waals surface area contributed by atoms with Gasteiger partial charge in [-0.15, -0.1) is 0 Å². The summed E-state index contributed by atoms with van der Waals surface area (Å²) >= 11 is 6.03. The third kappa shape index (κ3) is 3.47. The zero-order valence-electron chi connectivity index (χ0n) is 13.0. The Morgan fingerprint density at radius 2 is 1.73 bits per heavy atom. The average molecular weight is 316 g/mol. The van der Waals surface area contributed by atoms with Crippen LogP contribution in [0.5, 0.6) is 0 Å². The first-order chi connectivity index (χ1) is 10.7. The predicted octanol–water partition coefficient (Wildman–Crippen LogP) is 4.04. The summed E-state index contributed by atoms with van der Waals surface area (Å²) in [5.41, 5.74) is 2.78. The van der Waals surface area contributed by atoms with Crippen molar-refractivity contribution in [1.82, 2.24) is 15.3 Å². The van der Waals surface area contributed by atoms with Crippen LogP contribution in [0, 0.1) is 6.92 Å². The van der Waals surface area contributed by atoms with Crippen molar-refractivity contribution >= 4 is 11.6 Å². The number of rotatable bonds is 5. The zero-order valence-corrected chi connectivity index (χ0v) is 13.7. The van der Waals surface area contributed by atoms with Gasteiger partial charge in [-0.3, -0.25) is 0 Å². The van der Waals surface area contributed by atoms with Crippen LogP contribution in [0.25, 0.3) is 0 Å². The average Bonchev–Trinajstić information content (AvgIpc) is 3.00. The van der Waals surface area contributed by atoms with Gasteiger partial charge in [0, 0.05) is 41.5 Å². The van der Waals surface area contributed by atoms with Gasteiger partial charge in [-0.1, -0.05) is 36.6 Å². The summed E-state index contributed by atoms with van der Waals surface area (Å²) in [4.78, 5) is 8.50. The van der Waals surface area contributed by atoms with Gasteiger partial charge in [0.2, 0.25) is 0 Å². The summed E-state index contributed by atoms with van der Waals surface area (Å²) in [6.07, 6.45) is 8.89. The first-order valence-electron chi connectivity index (χ1n) is 7.92. The van der Waals surface area contributed by atoms with Crippen molar-refractivity contribution in [3.8, 4) is 0 Å². The Labute approximate surface area is 137 Å². The van der Waals surface area contributed by atoms with Crippen LogP contribution in [-0.2, 0) is 12.0 Å². The fraction of sp³-hybridized carbons (Fsp3) is 0.444. The molecular formula is C18H22ClN3. The Kier molecular flexibility index (Phi) is 4.74. The van der Waals surface area contributed by atoms with Gasteiger partial charge in [-0.25, -0.2) is 9.97 Å². The number of nitrogens with one attached hydrogen (secondary N) is 1. The van der Waals surface area contributed by atoms with Crippen LogP contribution in [0.3, 0.4) is 0 Å². The van der Waals surface area contributed by atoms with Crippen LogP contribution in [0.2, 0.25) is 5.02 Å². The zero-order chi connectivity index (χ0) is 15.4. The lowest BCUT2D eigenvalue weighted by molar-refractivity contribution is 0.404. The van der Waals surface area contributed by atoms with E-state index in [1.54, 1.807) is 0 Å². The van der Waals surface area contributed by atoms with Crippen molar-refractivity contribution in [2.75, 3.05) is 6.54 Å². The van der Waals surface area contributed by atoms with E-state index >= 15 is 0 Å². The molecule has 4 heteroatoms. The highest BCUT2D eigenvalue weighted by Gasteiger charge is 2.35. The molecule has 0 bridgehead atoms. The summed E-state index contributed by atoms with van der Waals surface area (Å²) in [6.45, 7) is 3.71. The van der Waals surface area contributed by atoms with Crippen molar-refractivity contribution in [2.24, 2.45) is 0 Å². The standard InChI is InChI=1S/C18H22ClN3/c1-14-21-11-15(12-22-14)10-20-13-18(8-2-3-9-18)16-4-6-17(19)7-5-16/h4-7,11-12,20H,2-3,8-10,13H2,1H3. The first kappa shape index (κ1) is 15.4. The van der Waals surface area contributed by atoms with Crippen LogP contribution in [0.4, 0.5) is 0 Å². The molecule has 1 heterocycles. The third-order valence-corrected chi connectivity index (χ3v) is 4.90. The van der Waals surface area contributed by atoms with Crippen molar-refractivity contribution in [1.29, 1.82) is 0 Å². The monoisotopic (exact) mass is 315 g/mol. The highest BCUT2D eigenvalue weighted by atomic mass is 35.5. The molecule has 1 aliphatic carbocycles. The molecule has 0 amide bonds. The van der Waals surface area contributed by atoms with E-state index in [1.807, 2.05) is 31.5 Å². The molecule has 1 aliphatic rings. The van der Waals surface area contributed by atoms with Gasteiger partial charge in [-0.05, 0) is 37.5 Å². The van der Waals surface area contributed by atoms with Gasteiger partial charge in [0.15, 0.2) is 0 Å². The molecule has 0 unspecified atom stereocenters. The summed E-state index contributed by atoms with van der Waals surface area (Å²) in [6, 6.07) is 8.38. The van der Waals surface area contributed by atoms with Crippen molar-refractivity contribution in [3.05, 3.63) is 58.6 Å². The molecule has 3 rings (SSSR count). The quantitative estimate of drug-likeness (QED) is 0.905. The summed E-state index contributed by atoms with van der Waals surface area (Å²) in [7, 11) is 0. The van der Waals surface area contributed by atoms with Gasteiger partial charge in [0.25, 0.3) is 0 Å². The fourth-order valence-corrected chi connectivity index (χ4v) is 3.51. The molecule has 116 valence electrons. The number of aryl methyl sites for hydroxylation is 1. The maximum absolute atomic E-state index is 6.03. The third-order valence-electron chi connectivity index (χ3n) is 4.64. The lowest BCUT2D eigenvalue weighted by Gasteiger charge is -2.30. The highest BCUT2D eigenvalue weighted by molar-refractivity contribution is 6.30. The molecule has 22 heavy (non-hydrogen) atoms. The number of hydrogen-bond donors (Lipinski definition) is 1. The van der Waals surface area contributed by atoms with Crippen molar-refractivity contribution in [2.45, 2.75) is 44.6 Å². The molecule has 1 saturated carbocycles. The lowest BCUT2D eigenvalue weighted by Crippen LogP contribution is -2.35. The molecule has 2 aromatic rings. The van der Waals surface area contributed by atoms with E-state index in [9.17, 15) is 0 Å². The summed E-state index contributed by atoms with van der Waals surface area (Å²) < 4.78 is 0. The molecule has 0 saturated heterocycles. The topological polar surface area (TPSA) is 37.8 Å². The second-order valence-electron chi connectivity index (χ2n) is 6.24. The molecule has 0 atom stereocenters. The van der Waals surface area contributed by atoms with Gasteiger partial charge >= 0.3 is 0 Å². The minimum Gasteiger partial charge on any atom is -0.312 e. The maximum Gasteiger partial charge on any atom is 0.125 e. The van der Waals surface area contributed by atoms with Crippen LogP contribution >= 0.6 is 11.6 Å². The van der Waals surface area contributed by atoms with Gasteiger partial charge in [0.05, 0.1) is 0 Å². The Morgan fingerprint density at radius 3 is 2.36 bits per heavy atom. The van der Waals surface area contributed by atoms with Gasteiger partial charge < -0.3 is 5.32 Å². The molecular weight excluding hydrogens is 294 g/mol. The van der Waals surface area contributed by atoms with E-state index < -0.39 is 0 Å². The predicted molar refractivity (Wildman–Crippen MR) is 90.1 cm³/mol. The van der Waals surface area contributed by atoms with E-state index in [0.717, 1.165) is 29.5 Å². The van der Waals surface area contributed by atoms with E-state index in [-0.39, 0.29) is 5.41 Å². The summed E-state index contributed by atoms with van der Waals surface area (Å²) in [5, 5.41) is 4.41. The summed E-state index contributed by atoms with van der Waals surface area (Å²) in [5.74, 6) is 0.817. The second-order valence-corrected chi connectivity index (χ2v) is 6.67. The van der Waals surface area contributed by atoms with Crippen molar-refractivity contribution in [3.63, 3.8) is 0 Å². The lowest BCUT2D eigenvalue weighted by atomic mass is 9.79. The Balaban J connectivity index is 1.67. The molecule has 1 aromatic heterocycles. The minimum absolute atomic E-state index is 0.246. The van der Waals surface area contributed by atoms with E-state index in [1.165, 1.54) is 31.2 Å². The molecule has 0 radical (unpaired) electrons. The van der Waals surface area contributed by atoms with E-state index in [0.29, 0.717) is 0 Å². The molecule has 1 aromatic carbocycles. The molecule has 1 fully saturated rings. The minimum atomic E-state index is 0.246. The van der Waals surface area contributed by atoms with E-state index in [2.05, 4.69) is 27.4 Å². The second kappa shape index (κ2) is 6.76. The molecule has 0 aliphatic heterocycles. The normalized spacial score (nSPS) is 16.8. The maximum atomic E-state index is 6.03. The highest BCUT2D eigenvalue weighted by Crippen LogP contribution is 2.40. The molecule has 3 nitrogen and oxygen atoms in total. The Bertz CT molecular complexity index is 601. The molecule has 1 N–H and O–H groups in total. The SMILES string of the molecule is Cc1ncc(CNCC2(c3ccc(Cl)cc3)CCCC2)cn1. The van der Waals surface area contributed by atoms with E-state index in [4.69, 9.17) is 11.6 Å². The Hall–Kier alpha value is -1.45. The number of benzene rings is 1. The van der Waals surface area contributed by atoms with Crippen LogP contribution in [0.15, 0.2) is 36.7 Å². The van der Waals surface area contributed by atoms with Crippen LogP contribution < -0.4 is 5.32 Å². The largest absolute Gasteiger partial charge is 0.312 e. The first-order valence-corrected chi connectivity index (χ1v) is 8.30. The Morgan fingerprint density at radius 1 is 1.09 bits per heavy atom. The van der Waals surface area contributed by atoms with Crippen LogP contribution in [0.1, 0.15) is 42.6 Å².